The minimum Gasteiger partial charge on any atom is -0.449 e. The lowest BCUT2D eigenvalue weighted by Crippen LogP contribution is -2.40. The van der Waals surface area contributed by atoms with Crippen LogP contribution in [-0.2, 0) is 26.7 Å². The van der Waals surface area contributed by atoms with Crippen molar-refractivity contribution in [2.24, 2.45) is 0 Å². The van der Waals surface area contributed by atoms with Crippen LogP contribution < -0.4 is 0 Å². The van der Waals surface area contributed by atoms with E-state index >= 15 is 0 Å². The summed E-state index contributed by atoms with van der Waals surface area (Å²) in [5.74, 6) is -0.557. The maximum absolute atomic E-state index is 13.3. The fourth-order valence-electron chi connectivity index (χ4n) is 4.53. The summed E-state index contributed by atoms with van der Waals surface area (Å²) >= 11 is 0. The molecular weight excluding hydrogens is 385 g/mol. The number of hydrogen-bond acceptors (Lipinski definition) is 4. The summed E-state index contributed by atoms with van der Waals surface area (Å²) in [4.78, 5) is 31.1. The van der Waals surface area contributed by atoms with Crippen molar-refractivity contribution in [1.29, 1.82) is 0 Å². The van der Waals surface area contributed by atoms with Gasteiger partial charge in [0, 0.05) is 30.9 Å². The van der Waals surface area contributed by atoms with E-state index in [4.69, 9.17) is 4.74 Å². The van der Waals surface area contributed by atoms with Gasteiger partial charge in [-0.25, -0.2) is 4.79 Å². The third-order valence-corrected chi connectivity index (χ3v) is 6.26. The van der Waals surface area contributed by atoms with Crippen LogP contribution in [0.5, 0.6) is 0 Å². The molecule has 1 aromatic carbocycles. The summed E-state index contributed by atoms with van der Waals surface area (Å²) in [6.45, 7) is 0.674. The van der Waals surface area contributed by atoms with Gasteiger partial charge in [-0.2, -0.15) is 13.2 Å². The molecule has 0 N–H and O–H groups in total. The molecule has 1 atom stereocenters. The molecule has 3 aliphatic rings. The quantitative estimate of drug-likeness (QED) is 0.723. The molecule has 1 amide bonds. The number of likely N-dealkylation sites (tertiary alicyclic amines) is 1. The lowest BCUT2D eigenvalue weighted by Gasteiger charge is -2.27. The van der Waals surface area contributed by atoms with Gasteiger partial charge in [0.05, 0.1) is 23.1 Å². The predicted octanol–water partition coefficient (Wildman–Crippen LogP) is 3.43. The van der Waals surface area contributed by atoms with E-state index in [-0.39, 0.29) is 12.5 Å². The molecule has 1 aliphatic carbocycles. The molecule has 0 bridgehead atoms. The minimum atomic E-state index is -4.41. The first-order chi connectivity index (χ1) is 13.8. The molecule has 1 aromatic heterocycles. The summed E-state index contributed by atoms with van der Waals surface area (Å²) in [6, 6.07) is 6.59. The molecule has 2 aliphatic heterocycles. The second kappa shape index (κ2) is 5.81. The molecule has 1 unspecified atom stereocenters. The van der Waals surface area contributed by atoms with Crippen LogP contribution >= 0.6 is 0 Å². The zero-order valence-corrected chi connectivity index (χ0v) is 15.3. The van der Waals surface area contributed by atoms with E-state index in [0.717, 1.165) is 17.7 Å². The predicted molar refractivity (Wildman–Crippen MR) is 94.9 cm³/mol. The highest BCUT2D eigenvalue weighted by molar-refractivity contribution is 5.95. The normalized spacial score (nSPS) is 24.5. The number of carbonyl (C=O) groups excluding carboxylic acids is 2. The molecule has 1 spiro atoms. The smallest absolute Gasteiger partial charge is 0.416 e. The molecule has 1 saturated heterocycles. The zero-order valence-electron chi connectivity index (χ0n) is 15.3. The number of aromatic nitrogens is 1. The van der Waals surface area contributed by atoms with Crippen LogP contribution in [0.1, 0.15) is 46.3 Å². The van der Waals surface area contributed by atoms with Crippen molar-refractivity contribution in [2.45, 2.75) is 36.5 Å². The Balaban J connectivity index is 1.39. The minimum absolute atomic E-state index is 0.118. The first-order valence-electron chi connectivity index (χ1n) is 9.40. The number of alkyl halides is 3. The van der Waals surface area contributed by atoms with Gasteiger partial charge in [-0.05, 0) is 36.6 Å². The van der Waals surface area contributed by atoms with Gasteiger partial charge in [0.1, 0.15) is 0 Å². The molecule has 5 rings (SSSR count). The summed E-state index contributed by atoms with van der Waals surface area (Å²) < 4.78 is 44.2. The first-order valence-corrected chi connectivity index (χ1v) is 9.40. The van der Waals surface area contributed by atoms with E-state index in [9.17, 15) is 22.8 Å². The molecule has 0 radical (unpaired) electrons. The molecule has 2 aromatic rings. The van der Waals surface area contributed by atoms with E-state index in [1.54, 1.807) is 17.2 Å². The van der Waals surface area contributed by atoms with Crippen molar-refractivity contribution in [3.63, 3.8) is 0 Å². The van der Waals surface area contributed by atoms with Gasteiger partial charge >= 0.3 is 12.1 Å². The third kappa shape index (κ3) is 2.65. The van der Waals surface area contributed by atoms with Crippen LogP contribution in [0.3, 0.4) is 0 Å². The van der Waals surface area contributed by atoms with E-state index < -0.39 is 28.7 Å². The van der Waals surface area contributed by atoms with Crippen LogP contribution in [0.2, 0.25) is 0 Å². The number of esters is 1. The third-order valence-electron chi connectivity index (χ3n) is 6.26. The monoisotopic (exact) mass is 402 g/mol. The highest BCUT2D eigenvalue weighted by atomic mass is 19.4. The van der Waals surface area contributed by atoms with E-state index in [2.05, 4.69) is 4.98 Å². The van der Waals surface area contributed by atoms with Crippen molar-refractivity contribution in [3.8, 4) is 0 Å². The highest BCUT2D eigenvalue weighted by Gasteiger charge is 2.57. The first kappa shape index (κ1) is 18.1. The average Bonchev–Trinajstić information content (AvgIpc) is 3.34. The number of rotatable bonds is 2. The lowest BCUT2D eigenvalue weighted by atomic mass is 9.92. The Hall–Kier alpha value is -2.90. The summed E-state index contributed by atoms with van der Waals surface area (Å²) in [5.41, 5.74) is -0.601. The number of amides is 1. The van der Waals surface area contributed by atoms with Gasteiger partial charge in [0.15, 0.2) is 5.60 Å². The fourth-order valence-corrected chi connectivity index (χ4v) is 4.53. The number of benzene rings is 1. The Morgan fingerprint density at radius 2 is 1.83 bits per heavy atom. The van der Waals surface area contributed by atoms with Gasteiger partial charge in [-0.3, -0.25) is 9.78 Å². The van der Waals surface area contributed by atoms with Crippen LogP contribution in [0.4, 0.5) is 13.2 Å². The van der Waals surface area contributed by atoms with Gasteiger partial charge in [0.25, 0.3) is 0 Å². The van der Waals surface area contributed by atoms with Crippen LogP contribution in [0.25, 0.3) is 0 Å². The molecule has 150 valence electrons. The number of ether oxygens (including phenoxy) is 1. The Morgan fingerprint density at radius 1 is 1.10 bits per heavy atom. The fraction of sp³-hybridized carbons (Fsp3) is 0.381. The molecule has 5 nitrogen and oxygen atoms in total. The van der Waals surface area contributed by atoms with E-state index in [1.165, 1.54) is 18.3 Å². The topological polar surface area (TPSA) is 59.5 Å². The molecule has 2 fully saturated rings. The standard InChI is InChI=1S/C21H17F3N2O3/c22-21(23,24)14-3-1-13(2-4-14)19(6-7-19)18(28)26-10-8-20(12-26)16-5-9-25-11-15(16)17(27)29-20/h1-5,9,11H,6-8,10,12H2. The number of pyridine rings is 1. The summed E-state index contributed by atoms with van der Waals surface area (Å²) in [6.07, 6.45) is 0.348. The maximum Gasteiger partial charge on any atom is 0.416 e. The van der Waals surface area contributed by atoms with Crippen molar-refractivity contribution in [2.75, 3.05) is 13.1 Å². The van der Waals surface area contributed by atoms with Crippen molar-refractivity contribution in [3.05, 3.63) is 65.0 Å². The van der Waals surface area contributed by atoms with Gasteiger partial charge in [0.2, 0.25) is 5.91 Å². The van der Waals surface area contributed by atoms with Crippen LogP contribution in [0, 0.1) is 0 Å². The number of halogens is 3. The number of hydrogen-bond donors (Lipinski definition) is 0. The van der Waals surface area contributed by atoms with Gasteiger partial charge in [-0.15, -0.1) is 0 Å². The molecular formula is C21H17F3N2O3. The van der Waals surface area contributed by atoms with Crippen molar-refractivity contribution >= 4 is 11.9 Å². The largest absolute Gasteiger partial charge is 0.449 e. The average molecular weight is 402 g/mol. The van der Waals surface area contributed by atoms with Crippen molar-refractivity contribution in [1.82, 2.24) is 9.88 Å². The Bertz CT molecular complexity index is 1010. The number of nitrogens with zero attached hydrogens (tertiary/aromatic N) is 2. The second-order valence-electron chi connectivity index (χ2n) is 7.94. The van der Waals surface area contributed by atoms with E-state index in [1.807, 2.05) is 0 Å². The SMILES string of the molecule is O=C1OC2(CCN(C(=O)C3(c4ccc(C(F)(F)F)cc4)CC3)C2)c2ccncc21. The summed E-state index contributed by atoms with van der Waals surface area (Å²) in [5, 5.41) is 0. The highest BCUT2D eigenvalue weighted by Crippen LogP contribution is 2.52. The van der Waals surface area contributed by atoms with Gasteiger partial charge < -0.3 is 9.64 Å². The molecule has 3 heterocycles. The van der Waals surface area contributed by atoms with Crippen molar-refractivity contribution < 1.29 is 27.5 Å². The van der Waals surface area contributed by atoms with Gasteiger partial charge in [-0.1, -0.05) is 12.1 Å². The number of carbonyl (C=O) groups is 2. The van der Waals surface area contributed by atoms with E-state index in [0.29, 0.717) is 36.9 Å². The Kier molecular flexibility index (Phi) is 3.63. The lowest BCUT2D eigenvalue weighted by molar-refractivity contribution is -0.137. The van der Waals surface area contributed by atoms with Crippen LogP contribution in [0.15, 0.2) is 42.7 Å². The second-order valence-corrected chi connectivity index (χ2v) is 7.94. The summed E-state index contributed by atoms with van der Waals surface area (Å²) in [7, 11) is 0. The molecule has 8 heteroatoms. The molecule has 1 saturated carbocycles. The zero-order chi connectivity index (χ0) is 20.4. The Labute approximate surface area is 164 Å². The Morgan fingerprint density at radius 3 is 2.48 bits per heavy atom. The van der Waals surface area contributed by atoms with Crippen LogP contribution in [-0.4, -0.2) is 34.8 Å². The maximum atomic E-state index is 13.3. The molecule has 29 heavy (non-hydrogen) atoms. The number of fused-ring (bicyclic) bond motifs is 2.